The first-order chi connectivity index (χ1) is 17.5. The van der Waals surface area contributed by atoms with E-state index < -0.39 is 27.7 Å². The van der Waals surface area contributed by atoms with E-state index in [0.717, 1.165) is 40.6 Å². The summed E-state index contributed by atoms with van der Waals surface area (Å²) in [5, 5.41) is 0. The third-order valence-electron chi connectivity index (χ3n) is 6.43. The van der Waals surface area contributed by atoms with Crippen LogP contribution < -0.4 is 4.72 Å². The Labute approximate surface area is 211 Å². The molecular formula is C27H21F4N3O2S. The Balaban J connectivity index is 1.52. The summed E-state index contributed by atoms with van der Waals surface area (Å²) in [6, 6.07) is 15.7. The molecule has 4 aromatic rings. The Kier molecular flexibility index (Phi) is 6.23. The molecule has 10 heteroatoms. The zero-order valence-corrected chi connectivity index (χ0v) is 20.4. The lowest BCUT2D eigenvalue weighted by Gasteiger charge is -2.19. The highest BCUT2D eigenvalue weighted by molar-refractivity contribution is 7.92. The van der Waals surface area contributed by atoms with Gasteiger partial charge in [-0.25, -0.2) is 13.4 Å². The molecule has 190 valence electrons. The number of nitrogens with zero attached hydrogens (tertiary/aromatic N) is 2. The third kappa shape index (κ3) is 5.06. The number of anilines is 1. The van der Waals surface area contributed by atoms with Crippen molar-refractivity contribution < 1.29 is 26.0 Å². The largest absolute Gasteiger partial charge is 0.416 e. The van der Waals surface area contributed by atoms with Gasteiger partial charge in [0, 0.05) is 23.4 Å². The summed E-state index contributed by atoms with van der Waals surface area (Å²) in [5.74, 6) is -1.17. The zero-order valence-electron chi connectivity index (χ0n) is 19.6. The van der Waals surface area contributed by atoms with Crippen molar-refractivity contribution in [2.45, 2.75) is 36.8 Å². The number of aromatic nitrogens is 2. The summed E-state index contributed by atoms with van der Waals surface area (Å²) < 4.78 is 82.0. The van der Waals surface area contributed by atoms with Crippen LogP contribution in [-0.2, 0) is 22.6 Å². The average Bonchev–Trinajstić information content (AvgIpc) is 3.27. The van der Waals surface area contributed by atoms with E-state index in [2.05, 4.69) is 14.7 Å². The molecule has 0 radical (unpaired) electrons. The fraction of sp³-hybridized carbons (Fsp3) is 0.185. The second kappa shape index (κ2) is 9.26. The van der Waals surface area contributed by atoms with Gasteiger partial charge >= 0.3 is 6.18 Å². The number of halogens is 4. The van der Waals surface area contributed by atoms with E-state index in [1.54, 1.807) is 37.4 Å². The number of nitrogens with one attached hydrogen (secondary N) is 1. The molecule has 1 atom stereocenters. The van der Waals surface area contributed by atoms with Gasteiger partial charge in [-0.2, -0.15) is 17.6 Å². The van der Waals surface area contributed by atoms with Crippen LogP contribution in [0, 0.1) is 12.9 Å². The summed E-state index contributed by atoms with van der Waals surface area (Å²) >= 11 is 0. The molecule has 0 amide bonds. The number of pyridine rings is 2. The van der Waals surface area contributed by atoms with Gasteiger partial charge in [-0.1, -0.05) is 24.3 Å². The Bertz CT molecular complexity index is 1590. The first-order valence-electron chi connectivity index (χ1n) is 11.4. The minimum absolute atomic E-state index is 0.00617. The molecule has 1 aliphatic rings. The maximum absolute atomic E-state index is 13.5. The zero-order chi connectivity index (χ0) is 26.4. The van der Waals surface area contributed by atoms with Crippen molar-refractivity contribution in [3.05, 3.63) is 107 Å². The number of sulfonamides is 1. The number of rotatable bonds is 5. The third-order valence-corrected chi connectivity index (χ3v) is 7.79. The predicted octanol–water partition coefficient (Wildman–Crippen LogP) is 6.49. The molecule has 0 spiro atoms. The van der Waals surface area contributed by atoms with Crippen LogP contribution in [0.5, 0.6) is 0 Å². The molecule has 0 fully saturated rings. The van der Waals surface area contributed by atoms with Crippen LogP contribution in [0.25, 0.3) is 11.1 Å². The summed E-state index contributed by atoms with van der Waals surface area (Å²) in [7, 11) is -4.02. The molecule has 1 aliphatic carbocycles. The molecule has 1 N–H and O–H groups in total. The molecule has 0 aliphatic heterocycles. The molecular weight excluding hydrogens is 506 g/mol. The SMILES string of the molecule is Cc1ccc(-c2cc(C(F)(F)F)ccc2C2CCc3cc(S(=O)(=O)Nc4cccc(F)n4)ccc32)cn1. The molecule has 2 aromatic heterocycles. The summed E-state index contributed by atoms with van der Waals surface area (Å²) in [4.78, 5) is 7.78. The summed E-state index contributed by atoms with van der Waals surface area (Å²) in [5.41, 5.74) is 3.37. The number of benzene rings is 2. The van der Waals surface area contributed by atoms with E-state index in [-0.39, 0.29) is 16.6 Å². The Morgan fingerprint density at radius 2 is 1.76 bits per heavy atom. The van der Waals surface area contributed by atoms with Crippen LogP contribution in [0.15, 0.2) is 77.8 Å². The predicted molar refractivity (Wildman–Crippen MR) is 131 cm³/mol. The quantitative estimate of drug-likeness (QED) is 0.238. The smallest absolute Gasteiger partial charge is 0.263 e. The lowest BCUT2D eigenvalue weighted by molar-refractivity contribution is -0.137. The van der Waals surface area contributed by atoms with Gasteiger partial charge in [0.2, 0.25) is 5.95 Å². The van der Waals surface area contributed by atoms with Crippen molar-refractivity contribution in [2.24, 2.45) is 0 Å². The summed E-state index contributed by atoms with van der Waals surface area (Å²) in [6.45, 7) is 1.80. The fourth-order valence-electron chi connectivity index (χ4n) is 4.66. The van der Waals surface area contributed by atoms with Crippen LogP contribution in [0.3, 0.4) is 0 Å². The molecule has 1 unspecified atom stereocenters. The van der Waals surface area contributed by atoms with E-state index in [1.165, 1.54) is 24.3 Å². The average molecular weight is 528 g/mol. The molecule has 5 nitrogen and oxygen atoms in total. The van der Waals surface area contributed by atoms with Gasteiger partial charge in [0.25, 0.3) is 10.0 Å². The lowest BCUT2D eigenvalue weighted by Crippen LogP contribution is -2.14. The molecule has 2 aromatic carbocycles. The molecule has 2 heterocycles. The van der Waals surface area contributed by atoms with E-state index in [4.69, 9.17) is 0 Å². The lowest BCUT2D eigenvalue weighted by atomic mass is 9.86. The highest BCUT2D eigenvalue weighted by atomic mass is 32.2. The maximum atomic E-state index is 13.5. The van der Waals surface area contributed by atoms with Crippen LogP contribution in [0.1, 0.15) is 40.3 Å². The number of fused-ring (bicyclic) bond motifs is 1. The standard InChI is InChI=1S/C27H21F4N3O2S/c1-16-5-6-18(15-32-16)24-14-19(27(29,30)31)8-11-23(24)22-10-7-17-13-20(9-12-21(17)22)37(35,36)34-26-4-2-3-25(28)33-26/h2-6,8-9,11-15,22H,7,10H2,1H3,(H,33,34). The summed E-state index contributed by atoms with van der Waals surface area (Å²) in [6.07, 6.45) is -1.78. The molecule has 0 saturated heterocycles. The Morgan fingerprint density at radius 3 is 2.46 bits per heavy atom. The fourth-order valence-corrected chi connectivity index (χ4v) is 5.71. The van der Waals surface area contributed by atoms with Crippen LogP contribution in [0.4, 0.5) is 23.4 Å². The van der Waals surface area contributed by atoms with Gasteiger partial charge in [0.15, 0.2) is 0 Å². The van der Waals surface area contributed by atoms with Crippen molar-refractivity contribution in [3.63, 3.8) is 0 Å². The minimum atomic E-state index is -4.49. The van der Waals surface area contributed by atoms with Crippen LogP contribution >= 0.6 is 0 Å². The molecule has 0 bridgehead atoms. The van der Waals surface area contributed by atoms with Gasteiger partial charge in [0.05, 0.1) is 10.5 Å². The number of aryl methyl sites for hydroxylation is 2. The Hall–Kier alpha value is -3.79. The van der Waals surface area contributed by atoms with E-state index >= 15 is 0 Å². The Morgan fingerprint density at radius 1 is 0.973 bits per heavy atom. The first-order valence-corrected chi connectivity index (χ1v) is 12.9. The van der Waals surface area contributed by atoms with Crippen molar-refractivity contribution in [3.8, 4) is 11.1 Å². The number of hydrogen-bond acceptors (Lipinski definition) is 4. The highest BCUT2D eigenvalue weighted by Gasteiger charge is 2.33. The van der Waals surface area contributed by atoms with Gasteiger partial charge in [-0.05, 0) is 84.5 Å². The van der Waals surface area contributed by atoms with Gasteiger partial charge < -0.3 is 0 Å². The van der Waals surface area contributed by atoms with Crippen molar-refractivity contribution in [1.29, 1.82) is 0 Å². The van der Waals surface area contributed by atoms with Gasteiger partial charge in [-0.15, -0.1) is 0 Å². The van der Waals surface area contributed by atoms with E-state index in [0.29, 0.717) is 24.0 Å². The normalized spacial score (nSPS) is 15.4. The molecule has 0 saturated carbocycles. The second-order valence-electron chi connectivity index (χ2n) is 8.89. The topological polar surface area (TPSA) is 72.0 Å². The number of hydrogen-bond donors (Lipinski definition) is 1. The van der Waals surface area contributed by atoms with E-state index in [9.17, 15) is 26.0 Å². The monoisotopic (exact) mass is 527 g/mol. The minimum Gasteiger partial charge on any atom is -0.263 e. The molecule has 5 rings (SSSR count). The second-order valence-corrected chi connectivity index (χ2v) is 10.6. The molecule has 37 heavy (non-hydrogen) atoms. The van der Waals surface area contributed by atoms with Gasteiger partial charge in [-0.3, -0.25) is 9.71 Å². The maximum Gasteiger partial charge on any atom is 0.416 e. The first kappa shape index (κ1) is 24.9. The van der Waals surface area contributed by atoms with E-state index in [1.807, 2.05) is 0 Å². The van der Waals surface area contributed by atoms with Crippen molar-refractivity contribution in [2.75, 3.05) is 4.72 Å². The number of alkyl halides is 3. The van der Waals surface area contributed by atoms with Crippen LogP contribution in [0.2, 0.25) is 0 Å². The van der Waals surface area contributed by atoms with Crippen LogP contribution in [-0.4, -0.2) is 18.4 Å². The van der Waals surface area contributed by atoms with Crippen molar-refractivity contribution in [1.82, 2.24) is 9.97 Å². The van der Waals surface area contributed by atoms with Gasteiger partial charge in [0.1, 0.15) is 5.82 Å². The highest BCUT2D eigenvalue weighted by Crippen LogP contribution is 2.44. The van der Waals surface area contributed by atoms with Crippen molar-refractivity contribution >= 4 is 15.8 Å².